The number of allylic oxidation sites excluding steroid dienone is 2. The molecule has 0 bridgehead atoms. The summed E-state index contributed by atoms with van der Waals surface area (Å²) in [5, 5.41) is 2.73. The van der Waals surface area contributed by atoms with E-state index in [-0.39, 0.29) is 28.9 Å². The number of rotatable bonds is 13. The zero-order chi connectivity index (χ0) is 31.1. The van der Waals surface area contributed by atoms with Crippen molar-refractivity contribution in [3.05, 3.63) is 104 Å². The summed E-state index contributed by atoms with van der Waals surface area (Å²) in [5.74, 6) is -1.09. The molecule has 1 aliphatic rings. The largest absolute Gasteiger partial charge is 0.467 e. The van der Waals surface area contributed by atoms with Gasteiger partial charge < -0.3 is 10.1 Å². The summed E-state index contributed by atoms with van der Waals surface area (Å²) >= 11 is 0. The van der Waals surface area contributed by atoms with Gasteiger partial charge in [-0.25, -0.2) is 9.59 Å². The van der Waals surface area contributed by atoms with Gasteiger partial charge in [0.15, 0.2) is 6.04 Å². The van der Waals surface area contributed by atoms with Gasteiger partial charge in [-0.05, 0) is 61.8 Å². The average Bonchev–Trinajstić information content (AvgIpc) is 3.86. The lowest BCUT2D eigenvalue weighted by Gasteiger charge is -2.22. The van der Waals surface area contributed by atoms with Crippen molar-refractivity contribution in [3.8, 4) is 0 Å². The molecule has 0 radical (unpaired) electrons. The number of amides is 1. The second-order valence-corrected chi connectivity index (χ2v) is 11.2. The van der Waals surface area contributed by atoms with E-state index in [1.165, 1.54) is 11.7 Å². The molecule has 9 heteroatoms. The van der Waals surface area contributed by atoms with E-state index >= 15 is 0 Å². The number of ether oxygens (including phenoxy) is 1. The average molecular weight is 587 g/mol. The van der Waals surface area contributed by atoms with Gasteiger partial charge in [0.2, 0.25) is 0 Å². The lowest BCUT2D eigenvalue weighted by atomic mass is 9.94. The minimum absolute atomic E-state index is 0.0319. The Kier molecular flexibility index (Phi) is 10.5. The summed E-state index contributed by atoms with van der Waals surface area (Å²) in [4.78, 5) is 56.3. The highest BCUT2D eigenvalue weighted by Crippen LogP contribution is 2.33. The standard InChI is InChI=1S/C34H42N4O5/c1-6-11-24(15-14-22(3)30-23(4)32(40)38(27-17-18-27)34(42)37(30)20-7-2)26-16-19-28(35-21-26)31(39)36-29(33(41)43-5)25-12-9-8-10-13-25/h8-10,12-13,15-16,19,21-22,27,29H,6-7,11,14,17-18,20H2,1-5H3,(H,36,39). The third-order valence-corrected chi connectivity index (χ3v) is 7.93. The van der Waals surface area contributed by atoms with Gasteiger partial charge in [-0.3, -0.25) is 23.7 Å². The van der Waals surface area contributed by atoms with Crippen molar-refractivity contribution >= 4 is 17.4 Å². The number of esters is 1. The highest BCUT2D eigenvalue weighted by molar-refractivity contribution is 5.95. The molecule has 228 valence electrons. The summed E-state index contributed by atoms with van der Waals surface area (Å²) in [6.07, 6.45) is 8.76. The zero-order valence-corrected chi connectivity index (χ0v) is 25.8. The molecule has 0 spiro atoms. The van der Waals surface area contributed by atoms with E-state index in [1.54, 1.807) is 41.1 Å². The lowest BCUT2D eigenvalue weighted by molar-refractivity contribution is -0.143. The second-order valence-electron chi connectivity index (χ2n) is 11.2. The highest BCUT2D eigenvalue weighted by atomic mass is 16.5. The van der Waals surface area contributed by atoms with Gasteiger partial charge in [0.25, 0.3) is 11.5 Å². The summed E-state index contributed by atoms with van der Waals surface area (Å²) in [5.41, 5.74) is 3.88. The number of carbonyl (C=O) groups is 2. The van der Waals surface area contributed by atoms with Crippen molar-refractivity contribution in [2.45, 2.75) is 90.8 Å². The van der Waals surface area contributed by atoms with Crippen LogP contribution in [-0.4, -0.2) is 33.1 Å². The van der Waals surface area contributed by atoms with Crippen molar-refractivity contribution in [2.24, 2.45) is 0 Å². The topological polar surface area (TPSA) is 112 Å². The van der Waals surface area contributed by atoms with Crippen LogP contribution in [0.25, 0.3) is 5.57 Å². The zero-order valence-electron chi connectivity index (χ0n) is 25.8. The summed E-state index contributed by atoms with van der Waals surface area (Å²) in [6, 6.07) is 11.5. The predicted molar refractivity (Wildman–Crippen MR) is 167 cm³/mol. The van der Waals surface area contributed by atoms with Crippen molar-refractivity contribution < 1.29 is 14.3 Å². The first-order chi connectivity index (χ1) is 20.7. The van der Waals surface area contributed by atoms with Crippen LogP contribution in [0.15, 0.2) is 64.3 Å². The summed E-state index contributed by atoms with van der Waals surface area (Å²) in [7, 11) is 1.28. The van der Waals surface area contributed by atoms with E-state index in [2.05, 4.69) is 30.2 Å². The molecule has 2 atom stereocenters. The molecule has 2 unspecified atom stereocenters. The van der Waals surface area contributed by atoms with Crippen molar-refractivity contribution in [1.82, 2.24) is 19.4 Å². The first-order valence-electron chi connectivity index (χ1n) is 15.2. The number of nitrogens with one attached hydrogen (secondary N) is 1. The molecular formula is C34H42N4O5. The first kappa shape index (κ1) is 31.7. The van der Waals surface area contributed by atoms with Crippen LogP contribution in [0, 0.1) is 6.92 Å². The van der Waals surface area contributed by atoms with Gasteiger partial charge >= 0.3 is 11.7 Å². The number of hydrogen-bond donors (Lipinski definition) is 1. The van der Waals surface area contributed by atoms with Crippen LogP contribution in [-0.2, 0) is 16.1 Å². The van der Waals surface area contributed by atoms with E-state index in [9.17, 15) is 19.2 Å². The molecule has 0 saturated heterocycles. The van der Waals surface area contributed by atoms with Gasteiger partial charge in [-0.15, -0.1) is 0 Å². The Balaban J connectivity index is 1.55. The molecule has 1 N–H and O–H groups in total. The molecule has 1 fully saturated rings. The molecule has 2 heterocycles. The molecular weight excluding hydrogens is 544 g/mol. The van der Waals surface area contributed by atoms with Crippen molar-refractivity contribution in [1.29, 1.82) is 0 Å². The number of pyridine rings is 1. The van der Waals surface area contributed by atoms with Gasteiger partial charge in [-0.2, -0.15) is 0 Å². The fraction of sp³-hybridized carbons (Fsp3) is 0.441. The predicted octanol–water partition coefficient (Wildman–Crippen LogP) is 5.48. The Morgan fingerprint density at radius 3 is 2.40 bits per heavy atom. The molecule has 1 aliphatic carbocycles. The number of aromatic nitrogens is 3. The fourth-order valence-electron chi connectivity index (χ4n) is 5.57. The van der Waals surface area contributed by atoms with Crippen LogP contribution < -0.4 is 16.6 Å². The molecule has 43 heavy (non-hydrogen) atoms. The van der Waals surface area contributed by atoms with Crippen LogP contribution in [0.3, 0.4) is 0 Å². The first-order valence-corrected chi connectivity index (χ1v) is 15.2. The Hall–Kier alpha value is -4.27. The van der Waals surface area contributed by atoms with Gasteiger partial charge in [-0.1, -0.05) is 69.7 Å². The van der Waals surface area contributed by atoms with Gasteiger partial charge in [0.1, 0.15) is 5.69 Å². The number of nitrogens with zero attached hydrogens (tertiary/aromatic N) is 3. The monoisotopic (exact) mass is 586 g/mol. The Bertz CT molecular complexity index is 1580. The van der Waals surface area contributed by atoms with Crippen molar-refractivity contribution in [3.63, 3.8) is 0 Å². The lowest BCUT2D eigenvalue weighted by Crippen LogP contribution is -2.43. The number of methoxy groups -OCH3 is 1. The normalized spacial score (nSPS) is 14.7. The summed E-state index contributed by atoms with van der Waals surface area (Å²) < 4.78 is 8.16. The quantitative estimate of drug-likeness (QED) is 0.266. The molecule has 9 nitrogen and oxygen atoms in total. The Labute approximate surface area is 252 Å². The maximum atomic E-state index is 13.3. The molecule has 1 saturated carbocycles. The van der Waals surface area contributed by atoms with E-state index in [1.807, 2.05) is 26.0 Å². The minimum atomic E-state index is -0.947. The minimum Gasteiger partial charge on any atom is -0.467 e. The molecule has 1 aromatic carbocycles. The molecule has 0 aliphatic heterocycles. The van der Waals surface area contributed by atoms with E-state index < -0.39 is 17.9 Å². The fourth-order valence-corrected chi connectivity index (χ4v) is 5.57. The maximum absolute atomic E-state index is 13.3. The molecule has 2 aromatic heterocycles. The Morgan fingerprint density at radius 2 is 1.81 bits per heavy atom. The van der Waals surface area contributed by atoms with Gasteiger partial charge in [0.05, 0.1) is 7.11 Å². The summed E-state index contributed by atoms with van der Waals surface area (Å²) in [6.45, 7) is 8.61. The van der Waals surface area contributed by atoms with E-state index in [0.29, 0.717) is 24.1 Å². The van der Waals surface area contributed by atoms with Crippen LogP contribution in [0.4, 0.5) is 0 Å². The number of benzene rings is 1. The number of carbonyl (C=O) groups excluding carboxylic acids is 2. The maximum Gasteiger partial charge on any atom is 0.333 e. The number of hydrogen-bond acceptors (Lipinski definition) is 6. The highest BCUT2D eigenvalue weighted by Gasteiger charge is 2.30. The van der Waals surface area contributed by atoms with Crippen LogP contribution in [0.1, 0.15) is 110 Å². The van der Waals surface area contributed by atoms with Crippen LogP contribution in [0.5, 0.6) is 0 Å². The molecule has 3 aromatic rings. The smallest absolute Gasteiger partial charge is 0.333 e. The SMILES string of the molecule is CCCC(=CCC(C)c1c(C)c(=O)n(C2CC2)c(=O)n1CCC)c1ccc(C(=O)NC(C(=O)OC)c2ccccc2)nc1. The van der Waals surface area contributed by atoms with E-state index in [0.717, 1.165) is 48.9 Å². The Morgan fingerprint density at radius 1 is 1.09 bits per heavy atom. The molecule has 1 amide bonds. The third-order valence-electron chi connectivity index (χ3n) is 7.93. The van der Waals surface area contributed by atoms with Crippen molar-refractivity contribution in [2.75, 3.05) is 7.11 Å². The van der Waals surface area contributed by atoms with Crippen LogP contribution >= 0.6 is 0 Å². The van der Waals surface area contributed by atoms with E-state index in [4.69, 9.17) is 4.74 Å². The second kappa shape index (κ2) is 14.3. The third kappa shape index (κ3) is 7.21. The van der Waals surface area contributed by atoms with Gasteiger partial charge in [0, 0.05) is 36.0 Å². The van der Waals surface area contributed by atoms with Crippen LogP contribution in [0.2, 0.25) is 0 Å². The molecule has 4 rings (SSSR count).